The van der Waals surface area contributed by atoms with E-state index in [1.165, 1.54) is 4.31 Å². The van der Waals surface area contributed by atoms with Crippen molar-refractivity contribution in [2.75, 3.05) is 25.9 Å². The Bertz CT molecular complexity index is 483. The Morgan fingerprint density at radius 3 is 2.79 bits per heavy atom. The zero-order valence-corrected chi connectivity index (χ0v) is 12.9. The van der Waals surface area contributed by atoms with Gasteiger partial charge in [-0.3, -0.25) is 4.79 Å². The van der Waals surface area contributed by atoms with Gasteiger partial charge in [0, 0.05) is 25.0 Å². The average Bonchev–Trinajstić information content (AvgIpc) is 2.87. The molecule has 0 aliphatic rings. The summed E-state index contributed by atoms with van der Waals surface area (Å²) >= 11 is 1.55. The first kappa shape index (κ1) is 16.1. The molecule has 0 saturated carbocycles. The molecule has 1 heterocycles. The van der Waals surface area contributed by atoms with Gasteiger partial charge in [0.05, 0.1) is 12.2 Å². The Morgan fingerprint density at radius 1 is 1.47 bits per heavy atom. The number of carbonyl (C=O) groups excluding carboxylic acids is 1. The molecule has 0 atom stereocenters. The van der Waals surface area contributed by atoms with Crippen LogP contribution in [-0.4, -0.2) is 44.5 Å². The lowest BCUT2D eigenvalue weighted by molar-refractivity contribution is -0.120. The van der Waals surface area contributed by atoms with Gasteiger partial charge >= 0.3 is 0 Å². The van der Waals surface area contributed by atoms with Crippen LogP contribution >= 0.6 is 11.3 Å². The van der Waals surface area contributed by atoms with Gasteiger partial charge in [-0.1, -0.05) is 6.07 Å². The first-order valence-corrected chi connectivity index (χ1v) is 8.67. The second kappa shape index (κ2) is 7.62. The Morgan fingerprint density at radius 2 is 2.21 bits per heavy atom. The van der Waals surface area contributed by atoms with Crippen molar-refractivity contribution in [2.24, 2.45) is 0 Å². The lowest BCUT2D eigenvalue weighted by Crippen LogP contribution is -2.32. The maximum absolute atomic E-state index is 11.6. The average molecular weight is 304 g/mol. The molecule has 1 aromatic rings. The van der Waals surface area contributed by atoms with Gasteiger partial charge in [0.25, 0.3) is 0 Å². The number of nitrogens with zero attached hydrogens (tertiary/aromatic N) is 1. The van der Waals surface area contributed by atoms with E-state index in [-0.39, 0.29) is 11.7 Å². The third kappa shape index (κ3) is 5.71. The number of sulfonamides is 1. The van der Waals surface area contributed by atoms with E-state index in [4.69, 9.17) is 0 Å². The van der Waals surface area contributed by atoms with Gasteiger partial charge in [0.15, 0.2) is 0 Å². The molecule has 5 nitrogen and oxygen atoms in total. The molecule has 1 aromatic heterocycles. The summed E-state index contributed by atoms with van der Waals surface area (Å²) < 4.78 is 24.3. The lowest BCUT2D eigenvalue weighted by Gasteiger charge is -2.15. The smallest absolute Gasteiger partial charge is 0.225 e. The predicted molar refractivity (Wildman–Crippen MR) is 77.7 cm³/mol. The fourth-order valence-corrected chi connectivity index (χ4v) is 3.07. The molecule has 0 spiro atoms. The van der Waals surface area contributed by atoms with Gasteiger partial charge in [0.2, 0.25) is 15.9 Å². The Balaban J connectivity index is 2.19. The molecule has 1 amide bonds. The van der Waals surface area contributed by atoms with E-state index in [9.17, 15) is 13.2 Å². The van der Waals surface area contributed by atoms with Crippen molar-refractivity contribution in [3.8, 4) is 0 Å². The Hall–Kier alpha value is -0.920. The van der Waals surface area contributed by atoms with Gasteiger partial charge in [-0.2, -0.15) is 0 Å². The van der Waals surface area contributed by atoms with E-state index in [1.54, 1.807) is 25.3 Å². The van der Waals surface area contributed by atoms with Crippen LogP contribution in [0.25, 0.3) is 0 Å². The summed E-state index contributed by atoms with van der Waals surface area (Å²) in [6, 6.07) is 3.84. The minimum Gasteiger partial charge on any atom is -0.356 e. The van der Waals surface area contributed by atoms with Crippen LogP contribution in [0.1, 0.15) is 18.2 Å². The van der Waals surface area contributed by atoms with Crippen molar-refractivity contribution in [1.29, 1.82) is 0 Å². The van der Waals surface area contributed by atoms with Crippen LogP contribution in [0.2, 0.25) is 0 Å². The summed E-state index contributed by atoms with van der Waals surface area (Å²) in [5.41, 5.74) is 0. The fraction of sp³-hybridized carbons (Fsp3) is 0.583. The van der Waals surface area contributed by atoms with Gasteiger partial charge < -0.3 is 5.32 Å². The van der Waals surface area contributed by atoms with Crippen LogP contribution in [0.4, 0.5) is 0 Å². The van der Waals surface area contributed by atoms with Crippen LogP contribution in [0.5, 0.6) is 0 Å². The molecule has 0 unspecified atom stereocenters. The highest BCUT2D eigenvalue weighted by Crippen LogP contribution is 2.08. The van der Waals surface area contributed by atoms with Crippen LogP contribution < -0.4 is 5.32 Å². The second-order valence-corrected chi connectivity index (χ2v) is 7.58. The van der Waals surface area contributed by atoms with E-state index in [0.29, 0.717) is 25.9 Å². The normalized spacial score (nSPS) is 11.7. The molecule has 108 valence electrons. The number of thiophene rings is 1. The SMILES string of the molecule is CCS(=O)(=O)N(C)CCCNC(=O)Cc1cccs1. The molecular weight excluding hydrogens is 284 g/mol. The number of rotatable bonds is 8. The summed E-state index contributed by atoms with van der Waals surface area (Å²) in [5, 5.41) is 4.73. The highest BCUT2D eigenvalue weighted by Gasteiger charge is 2.14. The van der Waals surface area contributed by atoms with Crippen molar-refractivity contribution in [1.82, 2.24) is 9.62 Å². The van der Waals surface area contributed by atoms with Crippen molar-refractivity contribution < 1.29 is 13.2 Å². The quantitative estimate of drug-likeness (QED) is 0.731. The first-order valence-electron chi connectivity index (χ1n) is 6.19. The van der Waals surface area contributed by atoms with Gasteiger partial charge in [-0.25, -0.2) is 12.7 Å². The summed E-state index contributed by atoms with van der Waals surface area (Å²) in [4.78, 5) is 12.6. The molecule has 0 aromatic carbocycles. The molecule has 1 N–H and O–H groups in total. The van der Waals surface area contributed by atoms with Crippen LogP contribution in [-0.2, 0) is 21.2 Å². The van der Waals surface area contributed by atoms with Gasteiger partial charge in [0.1, 0.15) is 0 Å². The van der Waals surface area contributed by atoms with Crippen LogP contribution in [0.3, 0.4) is 0 Å². The van der Waals surface area contributed by atoms with Gasteiger partial charge in [-0.05, 0) is 24.8 Å². The van der Waals surface area contributed by atoms with Crippen molar-refractivity contribution in [3.63, 3.8) is 0 Å². The second-order valence-electron chi connectivity index (χ2n) is 4.18. The monoisotopic (exact) mass is 304 g/mol. The summed E-state index contributed by atoms with van der Waals surface area (Å²) in [7, 11) is -1.56. The summed E-state index contributed by atoms with van der Waals surface area (Å²) in [5.74, 6) is 0.0808. The highest BCUT2D eigenvalue weighted by atomic mass is 32.2. The van der Waals surface area contributed by atoms with E-state index in [1.807, 2.05) is 17.5 Å². The number of hydrogen-bond acceptors (Lipinski definition) is 4. The lowest BCUT2D eigenvalue weighted by atomic mass is 10.3. The molecular formula is C12H20N2O3S2. The molecule has 1 rings (SSSR count). The largest absolute Gasteiger partial charge is 0.356 e. The zero-order chi connectivity index (χ0) is 14.3. The van der Waals surface area contributed by atoms with Crippen molar-refractivity contribution in [3.05, 3.63) is 22.4 Å². The number of amides is 1. The maximum Gasteiger partial charge on any atom is 0.225 e. The summed E-state index contributed by atoms with van der Waals surface area (Å²) in [6.45, 7) is 2.54. The van der Waals surface area contributed by atoms with E-state index >= 15 is 0 Å². The minimum atomic E-state index is -3.12. The molecule has 19 heavy (non-hydrogen) atoms. The fourth-order valence-electron chi connectivity index (χ4n) is 1.52. The third-order valence-corrected chi connectivity index (χ3v) is 5.46. The van der Waals surface area contributed by atoms with Crippen LogP contribution in [0.15, 0.2) is 17.5 Å². The third-order valence-electron chi connectivity index (χ3n) is 2.73. The molecule has 7 heteroatoms. The molecule has 0 aliphatic carbocycles. The number of carbonyl (C=O) groups is 1. The van der Waals surface area contributed by atoms with E-state index in [2.05, 4.69) is 5.32 Å². The Kier molecular flexibility index (Phi) is 6.47. The molecule has 0 aliphatic heterocycles. The predicted octanol–water partition coefficient (Wildman–Crippen LogP) is 1.08. The molecule has 0 bridgehead atoms. The van der Waals surface area contributed by atoms with E-state index < -0.39 is 10.0 Å². The summed E-state index contributed by atoms with van der Waals surface area (Å²) in [6.07, 6.45) is 1.01. The van der Waals surface area contributed by atoms with Crippen LogP contribution in [0, 0.1) is 0 Å². The zero-order valence-electron chi connectivity index (χ0n) is 11.3. The highest BCUT2D eigenvalue weighted by molar-refractivity contribution is 7.89. The van der Waals surface area contributed by atoms with Crippen molar-refractivity contribution >= 4 is 27.3 Å². The molecule has 0 fully saturated rings. The Labute approximate surface area is 118 Å². The molecule has 0 saturated heterocycles. The van der Waals surface area contributed by atoms with Crippen molar-refractivity contribution in [2.45, 2.75) is 19.8 Å². The minimum absolute atomic E-state index is 0.0246. The molecule has 0 radical (unpaired) electrons. The van der Waals surface area contributed by atoms with E-state index in [0.717, 1.165) is 4.88 Å². The number of nitrogens with one attached hydrogen (secondary N) is 1. The number of hydrogen-bond donors (Lipinski definition) is 1. The first-order chi connectivity index (χ1) is 8.95. The standard InChI is InChI=1S/C12H20N2O3S2/c1-3-19(16,17)14(2)8-5-7-13-12(15)10-11-6-4-9-18-11/h4,6,9H,3,5,7-8,10H2,1-2H3,(H,13,15). The topological polar surface area (TPSA) is 66.5 Å². The maximum atomic E-state index is 11.6. The van der Waals surface area contributed by atoms with Gasteiger partial charge in [-0.15, -0.1) is 11.3 Å².